The number of esters is 1. The molecule has 1 amide bonds. The maximum Gasteiger partial charge on any atom is 0.408 e. The lowest BCUT2D eigenvalue weighted by Crippen LogP contribution is -2.46. The van der Waals surface area contributed by atoms with Crippen LogP contribution in [0.4, 0.5) is 4.79 Å². The molecule has 150 valence electrons. The molecular formula is C18H26NO7P. The van der Waals surface area contributed by atoms with Gasteiger partial charge in [-0.2, -0.15) is 0 Å². The first kappa shape index (κ1) is 21.4. The molecule has 0 aliphatic heterocycles. The third kappa shape index (κ3) is 5.54. The van der Waals surface area contributed by atoms with Gasteiger partial charge < -0.3 is 23.8 Å². The van der Waals surface area contributed by atoms with Gasteiger partial charge in [-0.15, -0.1) is 0 Å². The summed E-state index contributed by atoms with van der Waals surface area (Å²) in [5.74, 6) is -1.03. The highest BCUT2D eigenvalue weighted by atomic mass is 31.2. The Balaban J connectivity index is 2.00. The van der Waals surface area contributed by atoms with Gasteiger partial charge in [0.2, 0.25) is 0 Å². The van der Waals surface area contributed by atoms with E-state index in [1.54, 1.807) is 13.8 Å². The third-order valence-corrected chi connectivity index (χ3v) is 6.48. The summed E-state index contributed by atoms with van der Waals surface area (Å²) < 4.78 is 33.3. The van der Waals surface area contributed by atoms with E-state index in [4.69, 9.17) is 18.5 Å². The fraction of sp³-hybridized carbons (Fsp3) is 0.556. The maximum absolute atomic E-state index is 12.7. The van der Waals surface area contributed by atoms with Gasteiger partial charge in [0.1, 0.15) is 12.1 Å². The largest absolute Gasteiger partial charge is 0.467 e. The summed E-state index contributed by atoms with van der Waals surface area (Å²) in [4.78, 5) is 24.4. The number of benzene rings is 1. The number of amides is 1. The Kier molecular flexibility index (Phi) is 7.41. The number of hydrogen-bond acceptors (Lipinski definition) is 7. The number of ether oxygens (including phenoxy) is 2. The molecule has 0 radical (unpaired) electrons. The van der Waals surface area contributed by atoms with E-state index >= 15 is 0 Å². The Morgan fingerprint density at radius 3 is 2.37 bits per heavy atom. The topological polar surface area (TPSA) is 100 Å². The standard InChI is InChI=1S/C18H26NO7P/c1-4-25-27(22,26-5-2)13-15-11-18(15,16(20)23-3)19-17(21)24-12-14-9-7-6-8-10-14/h6-10,15H,4-5,11-13H2,1-3H3,(H,19,21)/t15-,18+/m1/s1. The van der Waals surface area contributed by atoms with Crippen molar-refractivity contribution in [3.05, 3.63) is 35.9 Å². The lowest BCUT2D eigenvalue weighted by atomic mass is 10.2. The van der Waals surface area contributed by atoms with Gasteiger partial charge >= 0.3 is 19.7 Å². The number of carbonyl (C=O) groups is 2. The van der Waals surface area contributed by atoms with Crippen molar-refractivity contribution in [3.63, 3.8) is 0 Å². The van der Waals surface area contributed by atoms with E-state index in [0.717, 1.165) is 5.56 Å². The van der Waals surface area contributed by atoms with Crippen molar-refractivity contribution in [2.75, 3.05) is 26.5 Å². The van der Waals surface area contributed by atoms with Gasteiger partial charge in [-0.1, -0.05) is 30.3 Å². The Bertz CT molecular complexity index is 686. The van der Waals surface area contributed by atoms with E-state index in [-0.39, 0.29) is 32.4 Å². The monoisotopic (exact) mass is 399 g/mol. The number of alkyl carbamates (subject to hydrolysis) is 1. The zero-order valence-corrected chi connectivity index (χ0v) is 16.7. The van der Waals surface area contributed by atoms with Crippen LogP contribution in [0.5, 0.6) is 0 Å². The minimum absolute atomic E-state index is 0.0166. The molecule has 1 aliphatic carbocycles. The highest BCUT2D eigenvalue weighted by molar-refractivity contribution is 7.53. The molecule has 1 saturated carbocycles. The average Bonchev–Trinajstić information content (AvgIpc) is 3.32. The van der Waals surface area contributed by atoms with Gasteiger partial charge in [-0.05, 0) is 25.8 Å². The number of carbonyl (C=O) groups excluding carboxylic acids is 2. The molecule has 1 aromatic carbocycles. The minimum Gasteiger partial charge on any atom is -0.467 e. The van der Waals surface area contributed by atoms with Crippen LogP contribution in [0.2, 0.25) is 0 Å². The third-order valence-electron chi connectivity index (χ3n) is 4.29. The summed E-state index contributed by atoms with van der Waals surface area (Å²) in [5.41, 5.74) is -0.448. The van der Waals surface area contributed by atoms with Crippen LogP contribution in [0.25, 0.3) is 0 Å². The van der Waals surface area contributed by atoms with Crippen molar-refractivity contribution in [2.24, 2.45) is 5.92 Å². The summed E-state index contributed by atoms with van der Waals surface area (Å²) in [6, 6.07) is 9.18. The number of hydrogen-bond donors (Lipinski definition) is 1. The molecule has 27 heavy (non-hydrogen) atoms. The summed E-state index contributed by atoms with van der Waals surface area (Å²) in [5, 5.41) is 2.58. The van der Waals surface area contributed by atoms with Gasteiger partial charge in [0.15, 0.2) is 0 Å². The van der Waals surface area contributed by atoms with Gasteiger partial charge in [0.25, 0.3) is 0 Å². The Morgan fingerprint density at radius 2 is 1.81 bits per heavy atom. The van der Waals surface area contributed by atoms with E-state index < -0.39 is 31.1 Å². The Morgan fingerprint density at radius 1 is 1.19 bits per heavy atom. The van der Waals surface area contributed by atoms with Crippen LogP contribution in [0.3, 0.4) is 0 Å². The lowest BCUT2D eigenvalue weighted by molar-refractivity contribution is -0.144. The van der Waals surface area contributed by atoms with E-state index in [1.807, 2.05) is 30.3 Å². The van der Waals surface area contributed by atoms with Gasteiger partial charge in [0, 0.05) is 5.92 Å². The van der Waals surface area contributed by atoms with Crippen LogP contribution in [0, 0.1) is 5.92 Å². The van der Waals surface area contributed by atoms with Crippen LogP contribution in [0.1, 0.15) is 25.8 Å². The summed E-state index contributed by atoms with van der Waals surface area (Å²) in [6.45, 7) is 3.95. The molecule has 2 rings (SSSR count). The van der Waals surface area contributed by atoms with Crippen LogP contribution in [-0.2, 0) is 34.5 Å². The molecule has 9 heteroatoms. The molecule has 0 unspecified atom stereocenters. The zero-order valence-electron chi connectivity index (χ0n) is 15.8. The van der Waals surface area contributed by atoms with E-state index in [2.05, 4.69) is 5.32 Å². The van der Waals surface area contributed by atoms with Gasteiger partial charge in [0.05, 0.1) is 26.5 Å². The fourth-order valence-corrected chi connectivity index (χ4v) is 4.99. The minimum atomic E-state index is -3.35. The van der Waals surface area contributed by atoms with Crippen molar-refractivity contribution in [2.45, 2.75) is 32.4 Å². The maximum atomic E-state index is 12.7. The first-order chi connectivity index (χ1) is 12.9. The molecule has 0 aromatic heterocycles. The highest BCUT2D eigenvalue weighted by Crippen LogP contribution is 2.58. The smallest absolute Gasteiger partial charge is 0.408 e. The molecule has 1 fully saturated rings. The molecule has 0 saturated heterocycles. The first-order valence-electron chi connectivity index (χ1n) is 8.84. The second-order valence-corrected chi connectivity index (χ2v) is 8.28. The van der Waals surface area contributed by atoms with Crippen LogP contribution >= 0.6 is 7.60 Å². The summed E-state index contributed by atoms with van der Waals surface area (Å²) >= 11 is 0. The van der Waals surface area contributed by atoms with Crippen molar-refractivity contribution < 1.29 is 32.7 Å². The average molecular weight is 399 g/mol. The van der Waals surface area contributed by atoms with Crippen molar-refractivity contribution in [1.29, 1.82) is 0 Å². The highest BCUT2D eigenvalue weighted by Gasteiger charge is 2.64. The summed E-state index contributed by atoms with van der Waals surface area (Å²) in [6.07, 6.45) is -0.443. The number of methoxy groups -OCH3 is 1. The zero-order chi connectivity index (χ0) is 19.9. The number of nitrogens with one attached hydrogen (secondary N) is 1. The molecule has 0 heterocycles. The summed E-state index contributed by atoms with van der Waals surface area (Å²) in [7, 11) is -2.11. The fourth-order valence-electron chi connectivity index (χ4n) is 2.93. The first-order valence-corrected chi connectivity index (χ1v) is 10.6. The molecule has 1 aliphatic rings. The lowest BCUT2D eigenvalue weighted by Gasteiger charge is -2.20. The molecular weight excluding hydrogens is 373 g/mol. The Labute approximate surface area is 159 Å². The van der Waals surface area contributed by atoms with E-state index in [9.17, 15) is 14.2 Å². The normalized spacial score (nSPS) is 21.4. The molecule has 0 spiro atoms. The van der Waals surface area contributed by atoms with Crippen molar-refractivity contribution in [1.82, 2.24) is 5.32 Å². The van der Waals surface area contributed by atoms with Crippen LogP contribution in [0.15, 0.2) is 30.3 Å². The van der Waals surface area contributed by atoms with E-state index in [1.165, 1.54) is 7.11 Å². The molecule has 2 atom stereocenters. The second kappa shape index (κ2) is 9.35. The van der Waals surface area contributed by atoms with Crippen molar-refractivity contribution in [3.8, 4) is 0 Å². The van der Waals surface area contributed by atoms with Crippen LogP contribution in [-0.4, -0.2) is 44.1 Å². The molecule has 8 nitrogen and oxygen atoms in total. The second-order valence-electron chi connectivity index (χ2n) is 6.18. The quantitative estimate of drug-likeness (QED) is 0.477. The molecule has 1 N–H and O–H groups in total. The number of rotatable bonds is 10. The predicted octanol–water partition coefficient (Wildman–Crippen LogP) is 3.11. The Hall–Kier alpha value is -1.89. The predicted molar refractivity (Wildman–Crippen MR) is 98.3 cm³/mol. The SMILES string of the molecule is CCOP(=O)(C[C@H]1C[C@@]1(NC(=O)OCc1ccccc1)C(=O)OC)OCC. The van der Waals surface area contributed by atoms with Gasteiger partial charge in [-0.3, -0.25) is 4.57 Å². The van der Waals surface area contributed by atoms with E-state index in [0.29, 0.717) is 0 Å². The molecule has 0 bridgehead atoms. The molecule has 1 aromatic rings. The van der Waals surface area contributed by atoms with Crippen molar-refractivity contribution >= 4 is 19.7 Å². The van der Waals surface area contributed by atoms with Crippen LogP contribution < -0.4 is 5.32 Å². The van der Waals surface area contributed by atoms with Gasteiger partial charge in [-0.25, -0.2) is 9.59 Å².